The predicted octanol–water partition coefficient (Wildman–Crippen LogP) is 2.01. The van der Waals surface area contributed by atoms with Crippen molar-refractivity contribution in [1.29, 1.82) is 0 Å². The standard InChI is InChI=1S/C19H23N3O4S/c1-13-8-16(25-2)18(27-13)19(24)22-6-7-26-12-15(22)9-17(23)21-11-14-4-3-5-20-10-14/h3-5,8,10,15H,6-7,9,11-12H2,1-2H3,(H,21,23)/t15-/m0/s1. The number of carbonyl (C=O) groups excluding carboxylic acids is 2. The monoisotopic (exact) mass is 389 g/mol. The van der Waals surface area contributed by atoms with Gasteiger partial charge in [0.15, 0.2) is 0 Å². The van der Waals surface area contributed by atoms with Crippen molar-refractivity contribution in [2.75, 3.05) is 26.9 Å². The van der Waals surface area contributed by atoms with Crippen molar-refractivity contribution >= 4 is 23.2 Å². The third-order valence-electron chi connectivity index (χ3n) is 4.36. The SMILES string of the molecule is COc1cc(C)sc1C(=O)N1CCOC[C@@H]1CC(=O)NCc1cccnc1. The normalized spacial score (nSPS) is 16.8. The molecule has 1 saturated heterocycles. The molecule has 1 aliphatic heterocycles. The molecule has 0 spiro atoms. The Morgan fingerprint density at radius 1 is 1.48 bits per heavy atom. The highest BCUT2D eigenvalue weighted by molar-refractivity contribution is 7.14. The maximum Gasteiger partial charge on any atom is 0.268 e. The Kier molecular flexibility index (Phi) is 6.41. The van der Waals surface area contributed by atoms with Crippen LogP contribution >= 0.6 is 11.3 Å². The van der Waals surface area contributed by atoms with Gasteiger partial charge in [-0.05, 0) is 24.6 Å². The number of nitrogens with one attached hydrogen (secondary N) is 1. The number of pyridine rings is 1. The highest BCUT2D eigenvalue weighted by Gasteiger charge is 2.32. The van der Waals surface area contributed by atoms with Gasteiger partial charge in [0.05, 0.1) is 26.4 Å². The number of nitrogens with zero attached hydrogens (tertiary/aromatic N) is 2. The zero-order valence-electron chi connectivity index (χ0n) is 15.4. The van der Waals surface area contributed by atoms with Crippen molar-refractivity contribution in [3.63, 3.8) is 0 Å². The summed E-state index contributed by atoms with van der Waals surface area (Å²) in [5, 5.41) is 2.88. The molecule has 144 valence electrons. The summed E-state index contributed by atoms with van der Waals surface area (Å²) in [6, 6.07) is 5.28. The maximum absolute atomic E-state index is 13.0. The van der Waals surface area contributed by atoms with E-state index in [1.165, 1.54) is 11.3 Å². The van der Waals surface area contributed by atoms with Crippen LogP contribution in [0.2, 0.25) is 0 Å². The summed E-state index contributed by atoms with van der Waals surface area (Å²) >= 11 is 1.40. The van der Waals surface area contributed by atoms with E-state index < -0.39 is 0 Å². The van der Waals surface area contributed by atoms with Gasteiger partial charge in [-0.15, -0.1) is 11.3 Å². The average molecular weight is 389 g/mol. The summed E-state index contributed by atoms with van der Waals surface area (Å²) in [6.07, 6.45) is 3.60. The molecule has 1 atom stereocenters. The molecule has 8 heteroatoms. The number of aromatic nitrogens is 1. The average Bonchev–Trinajstić information content (AvgIpc) is 3.08. The van der Waals surface area contributed by atoms with Gasteiger partial charge >= 0.3 is 0 Å². The van der Waals surface area contributed by atoms with Gasteiger partial charge in [0.25, 0.3) is 5.91 Å². The van der Waals surface area contributed by atoms with Gasteiger partial charge in [0.2, 0.25) is 5.91 Å². The Morgan fingerprint density at radius 3 is 3.07 bits per heavy atom. The molecule has 0 aliphatic carbocycles. The van der Waals surface area contributed by atoms with Crippen molar-refractivity contribution in [3.05, 3.63) is 45.9 Å². The minimum atomic E-state index is -0.299. The fourth-order valence-corrected chi connectivity index (χ4v) is 3.94. The number of amides is 2. The van der Waals surface area contributed by atoms with Gasteiger partial charge in [-0.3, -0.25) is 14.6 Å². The first-order valence-corrected chi connectivity index (χ1v) is 9.59. The molecule has 0 radical (unpaired) electrons. The largest absolute Gasteiger partial charge is 0.495 e. The third kappa shape index (κ3) is 4.84. The highest BCUT2D eigenvalue weighted by atomic mass is 32.1. The Balaban J connectivity index is 1.64. The van der Waals surface area contributed by atoms with Crippen LogP contribution in [0, 0.1) is 6.92 Å². The maximum atomic E-state index is 13.0. The molecule has 0 unspecified atom stereocenters. The van der Waals surface area contributed by atoms with Crippen LogP contribution in [0.1, 0.15) is 26.5 Å². The second-order valence-electron chi connectivity index (χ2n) is 6.32. The molecular weight excluding hydrogens is 366 g/mol. The summed E-state index contributed by atoms with van der Waals surface area (Å²) in [6.45, 7) is 3.61. The van der Waals surface area contributed by atoms with Gasteiger partial charge in [-0.25, -0.2) is 0 Å². The van der Waals surface area contributed by atoms with Crippen LogP contribution in [0.4, 0.5) is 0 Å². The predicted molar refractivity (Wildman–Crippen MR) is 102 cm³/mol. The zero-order chi connectivity index (χ0) is 19.2. The highest BCUT2D eigenvalue weighted by Crippen LogP contribution is 2.31. The Bertz CT molecular complexity index is 794. The fourth-order valence-electron chi connectivity index (χ4n) is 3.00. The zero-order valence-corrected chi connectivity index (χ0v) is 16.3. The van der Waals surface area contributed by atoms with E-state index in [0.29, 0.717) is 36.9 Å². The lowest BCUT2D eigenvalue weighted by Crippen LogP contribution is -2.50. The fraction of sp³-hybridized carbons (Fsp3) is 0.421. The van der Waals surface area contributed by atoms with E-state index in [4.69, 9.17) is 9.47 Å². The Labute approximate surface area is 162 Å². The van der Waals surface area contributed by atoms with Crippen LogP contribution < -0.4 is 10.1 Å². The van der Waals surface area contributed by atoms with E-state index >= 15 is 0 Å². The van der Waals surface area contributed by atoms with Gasteiger partial charge in [-0.1, -0.05) is 6.07 Å². The molecule has 27 heavy (non-hydrogen) atoms. The van der Waals surface area contributed by atoms with E-state index in [9.17, 15) is 9.59 Å². The summed E-state index contributed by atoms with van der Waals surface area (Å²) in [4.78, 5) is 32.7. The molecule has 1 fully saturated rings. The first-order valence-electron chi connectivity index (χ1n) is 8.77. The number of rotatable bonds is 6. The number of ether oxygens (including phenoxy) is 2. The minimum Gasteiger partial charge on any atom is -0.495 e. The number of hydrogen-bond acceptors (Lipinski definition) is 6. The number of aryl methyl sites for hydroxylation is 1. The number of carbonyl (C=O) groups is 2. The number of hydrogen-bond donors (Lipinski definition) is 1. The van der Waals surface area contributed by atoms with Crippen LogP contribution in [-0.2, 0) is 16.1 Å². The van der Waals surface area contributed by atoms with E-state index in [0.717, 1.165) is 10.4 Å². The lowest BCUT2D eigenvalue weighted by atomic mass is 10.1. The molecule has 2 amide bonds. The van der Waals surface area contributed by atoms with E-state index in [1.54, 1.807) is 24.4 Å². The molecule has 0 bridgehead atoms. The molecule has 0 saturated carbocycles. The van der Waals surface area contributed by atoms with Gasteiger partial charge < -0.3 is 19.7 Å². The van der Waals surface area contributed by atoms with E-state index in [-0.39, 0.29) is 24.3 Å². The van der Waals surface area contributed by atoms with Crippen molar-refractivity contribution in [3.8, 4) is 5.75 Å². The minimum absolute atomic E-state index is 0.113. The molecule has 1 aliphatic rings. The van der Waals surface area contributed by atoms with Gasteiger partial charge in [0, 0.05) is 36.8 Å². The van der Waals surface area contributed by atoms with Crippen LogP contribution in [0.15, 0.2) is 30.6 Å². The van der Waals surface area contributed by atoms with Gasteiger partial charge in [-0.2, -0.15) is 0 Å². The molecule has 2 aromatic heterocycles. The second-order valence-corrected chi connectivity index (χ2v) is 7.58. The molecular formula is C19H23N3O4S. The van der Waals surface area contributed by atoms with Crippen LogP contribution in [-0.4, -0.2) is 54.6 Å². The van der Waals surface area contributed by atoms with E-state index in [1.807, 2.05) is 25.1 Å². The summed E-state index contributed by atoms with van der Waals surface area (Å²) in [5.74, 6) is 0.341. The number of methoxy groups -OCH3 is 1. The lowest BCUT2D eigenvalue weighted by Gasteiger charge is -2.35. The number of thiophene rings is 1. The van der Waals surface area contributed by atoms with Crippen molar-refractivity contribution in [2.45, 2.75) is 25.9 Å². The quantitative estimate of drug-likeness (QED) is 0.817. The number of morpholine rings is 1. The Hall–Kier alpha value is -2.45. The van der Waals surface area contributed by atoms with Crippen LogP contribution in [0.5, 0.6) is 5.75 Å². The topological polar surface area (TPSA) is 80.8 Å². The van der Waals surface area contributed by atoms with Crippen LogP contribution in [0.25, 0.3) is 0 Å². The summed E-state index contributed by atoms with van der Waals surface area (Å²) in [7, 11) is 1.56. The molecule has 7 nitrogen and oxygen atoms in total. The van der Waals surface area contributed by atoms with E-state index in [2.05, 4.69) is 10.3 Å². The van der Waals surface area contributed by atoms with Crippen molar-refractivity contribution in [2.24, 2.45) is 0 Å². The molecule has 3 rings (SSSR count). The Morgan fingerprint density at radius 2 is 2.33 bits per heavy atom. The smallest absolute Gasteiger partial charge is 0.268 e. The molecule has 2 aromatic rings. The van der Waals surface area contributed by atoms with Gasteiger partial charge in [0.1, 0.15) is 10.6 Å². The van der Waals surface area contributed by atoms with Crippen molar-refractivity contribution in [1.82, 2.24) is 15.2 Å². The first-order chi connectivity index (χ1) is 13.1. The third-order valence-corrected chi connectivity index (χ3v) is 5.38. The van der Waals surface area contributed by atoms with Crippen LogP contribution in [0.3, 0.4) is 0 Å². The molecule has 3 heterocycles. The summed E-state index contributed by atoms with van der Waals surface area (Å²) < 4.78 is 10.8. The summed E-state index contributed by atoms with van der Waals surface area (Å²) in [5.41, 5.74) is 0.928. The van der Waals surface area contributed by atoms with Crippen molar-refractivity contribution < 1.29 is 19.1 Å². The molecule has 1 N–H and O–H groups in total. The molecule has 0 aromatic carbocycles. The first kappa shape index (κ1) is 19.3. The second kappa shape index (κ2) is 8.96. The lowest BCUT2D eigenvalue weighted by molar-refractivity contribution is -0.123.